The molecule has 0 unspecified atom stereocenters. The van der Waals surface area contributed by atoms with E-state index in [9.17, 15) is 0 Å². The van der Waals surface area contributed by atoms with Gasteiger partial charge in [0.15, 0.2) is 0 Å². The minimum Gasteiger partial charge on any atom is -0.394 e. The fraction of sp³-hybridized carbons (Fsp3) is 0.556. The molecule has 0 bridgehead atoms. The third kappa shape index (κ3) is 1.38. The van der Waals surface area contributed by atoms with Gasteiger partial charge in [-0.2, -0.15) is 0 Å². The smallest absolute Gasteiger partial charge is 0.0625 e. The van der Waals surface area contributed by atoms with Gasteiger partial charge in [0.2, 0.25) is 0 Å². The molecule has 0 aliphatic heterocycles. The number of nitrogens with zero attached hydrogens (tertiary/aromatic N) is 1. The lowest BCUT2D eigenvalue weighted by Crippen LogP contribution is -2.15. The van der Waals surface area contributed by atoms with Gasteiger partial charge >= 0.3 is 0 Å². The van der Waals surface area contributed by atoms with Gasteiger partial charge in [-0.25, -0.2) is 0 Å². The summed E-state index contributed by atoms with van der Waals surface area (Å²) in [5, 5.41) is 8.88. The molecule has 0 saturated heterocycles. The van der Waals surface area contributed by atoms with Crippen molar-refractivity contribution >= 4 is 0 Å². The van der Waals surface area contributed by atoms with E-state index in [2.05, 4.69) is 4.57 Å². The van der Waals surface area contributed by atoms with Crippen molar-refractivity contribution in [2.45, 2.75) is 19.9 Å². The van der Waals surface area contributed by atoms with Crippen LogP contribution >= 0.6 is 0 Å². The Morgan fingerprint density at radius 1 is 1.58 bits per heavy atom. The van der Waals surface area contributed by atoms with E-state index in [1.807, 2.05) is 27.0 Å². The van der Waals surface area contributed by atoms with Gasteiger partial charge in [-0.05, 0) is 25.5 Å². The maximum Gasteiger partial charge on any atom is 0.0625 e. The molecule has 0 radical (unpaired) electrons. The predicted octanol–water partition coefficient (Wildman–Crippen LogP) is 0.634. The third-order valence-electron chi connectivity index (χ3n) is 2.41. The highest BCUT2D eigenvalue weighted by Gasteiger charge is 2.11. The topological polar surface area (TPSA) is 51.2 Å². The van der Waals surface area contributed by atoms with Gasteiger partial charge in [0.25, 0.3) is 0 Å². The van der Waals surface area contributed by atoms with Crippen LogP contribution in [0.4, 0.5) is 0 Å². The van der Waals surface area contributed by atoms with Gasteiger partial charge in [0.05, 0.1) is 12.6 Å². The first-order chi connectivity index (χ1) is 5.57. The summed E-state index contributed by atoms with van der Waals surface area (Å²) in [4.78, 5) is 0. The van der Waals surface area contributed by atoms with E-state index in [4.69, 9.17) is 10.8 Å². The molecule has 3 nitrogen and oxygen atoms in total. The van der Waals surface area contributed by atoms with Crippen LogP contribution in [-0.4, -0.2) is 16.3 Å². The summed E-state index contributed by atoms with van der Waals surface area (Å²) in [7, 11) is 2.00. The van der Waals surface area contributed by atoms with E-state index in [0.717, 1.165) is 11.3 Å². The molecular formula is C9H16N2O. The van der Waals surface area contributed by atoms with Crippen molar-refractivity contribution in [1.29, 1.82) is 0 Å². The van der Waals surface area contributed by atoms with Gasteiger partial charge in [0, 0.05) is 18.4 Å². The summed E-state index contributed by atoms with van der Waals surface area (Å²) in [6.45, 7) is 4.04. The summed E-state index contributed by atoms with van der Waals surface area (Å²) >= 11 is 0. The molecule has 1 aromatic rings. The van der Waals surface area contributed by atoms with E-state index in [0.29, 0.717) is 0 Å². The van der Waals surface area contributed by atoms with Crippen LogP contribution in [0.5, 0.6) is 0 Å². The van der Waals surface area contributed by atoms with Gasteiger partial charge < -0.3 is 15.4 Å². The number of hydrogen-bond acceptors (Lipinski definition) is 2. The molecule has 3 heteroatoms. The molecule has 0 amide bonds. The average molecular weight is 168 g/mol. The lowest BCUT2D eigenvalue weighted by molar-refractivity contribution is 0.267. The van der Waals surface area contributed by atoms with Crippen LogP contribution in [0.3, 0.4) is 0 Å². The molecule has 3 N–H and O–H groups in total. The second-order valence-corrected chi connectivity index (χ2v) is 3.17. The highest BCUT2D eigenvalue weighted by molar-refractivity contribution is 5.29. The van der Waals surface area contributed by atoms with Crippen molar-refractivity contribution in [3.05, 3.63) is 23.0 Å². The highest BCUT2D eigenvalue weighted by atomic mass is 16.3. The molecule has 0 fully saturated rings. The molecule has 0 aliphatic carbocycles. The molecule has 0 saturated carbocycles. The van der Waals surface area contributed by atoms with Crippen molar-refractivity contribution in [3.63, 3.8) is 0 Å². The van der Waals surface area contributed by atoms with Crippen molar-refractivity contribution in [2.24, 2.45) is 12.8 Å². The molecule has 1 rings (SSSR count). The normalized spacial score (nSPS) is 13.4. The fourth-order valence-electron chi connectivity index (χ4n) is 1.36. The molecule has 1 heterocycles. The predicted molar refractivity (Wildman–Crippen MR) is 48.9 cm³/mol. The number of aliphatic hydroxyl groups excluding tert-OH is 1. The Bertz CT molecular complexity index is 278. The van der Waals surface area contributed by atoms with Gasteiger partial charge in [-0.1, -0.05) is 0 Å². The molecule has 0 spiro atoms. The van der Waals surface area contributed by atoms with Crippen molar-refractivity contribution in [3.8, 4) is 0 Å². The van der Waals surface area contributed by atoms with E-state index in [-0.39, 0.29) is 12.6 Å². The maximum atomic E-state index is 8.88. The largest absolute Gasteiger partial charge is 0.394 e. The number of aryl methyl sites for hydroxylation is 1. The maximum absolute atomic E-state index is 8.88. The minimum absolute atomic E-state index is 0.00426. The first-order valence-corrected chi connectivity index (χ1v) is 4.07. The summed E-state index contributed by atoms with van der Waals surface area (Å²) in [5.74, 6) is 0. The molecule has 1 aromatic heterocycles. The Kier molecular flexibility index (Phi) is 2.55. The van der Waals surface area contributed by atoms with Crippen LogP contribution in [0.1, 0.15) is 23.0 Å². The lowest BCUT2D eigenvalue weighted by atomic mass is 10.1. The molecule has 0 aromatic carbocycles. The highest BCUT2D eigenvalue weighted by Crippen LogP contribution is 2.18. The summed E-state index contributed by atoms with van der Waals surface area (Å²) < 4.78 is 2.07. The molecule has 1 atom stereocenters. The van der Waals surface area contributed by atoms with Gasteiger partial charge in [-0.15, -0.1) is 0 Å². The van der Waals surface area contributed by atoms with Crippen LogP contribution in [-0.2, 0) is 7.05 Å². The monoisotopic (exact) mass is 168 g/mol. The van der Waals surface area contributed by atoms with E-state index in [1.54, 1.807) is 0 Å². The molecule has 12 heavy (non-hydrogen) atoms. The summed E-state index contributed by atoms with van der Waals surface area (Å²) in [6, 6.07) is 1.78. The number of aliphatic hydroxyl groups is 1. The second-order valence-electron chi connectivity index (χ2n) is 3.17. The zero-order valence-electron chi connectivity index (χ0n) is 7.83. The zero-order valence-corrected chi connectivity index (χ0v) is 7.83. The molecule has 68 valence electrons. The van der Waals surface area contributed by atoms with E-state index < -0.39 is 0 Å². The number of rotatable bonds is 2. The first-order valence-electron chi connectivity index (χ1n) is 4.07. The van der Waals surface area contributed by atoms with Crippen molar-refractivity contribution in [1.82, 2.24) is 4.57 Å². The van der Waals surface area contributed by atoms with Crippen LogP contribution in [0.25, 0.3) is 0 Å². The molecular weight excluding hydrogens is 152 g/mol. The van der Waals surface area contributed by atoms with Crippen LogP contribution in [0.15, 0.2) is 6.07 Å². The Hall–Kier alpha value is -0.800. The average Bonchev–Trinajstić information content (AvgIpc) is 2.32. The fourth-order valence-corrected chi connectivity index (χ4v) is 1.36. The minimum atomic E-state index is -0.245. The molecule has 0 aliphatic rings. The SMILES string of the molecule is Cc1cc([C@H](N)CO)c(C)n1C. The van der Waals surface area contributed by atoms with Crippen LogP contribution < -0.4 is 5.73 Å². The summed E-state index contributed by atoms with van der Waals surface area (Å²) in [5.41, 5.74) is 9.06. The van der Waals surface area contributed by atoms with E-state index in [1.165, 1.54) is 5.69 Å². The standard InChI is InChI=1S/C9H16N2O/c1-6-4-8(9(10)5-12)7(2)11(6)3/h4,9,12H,5,10H2,1-3H3/t9-/m1/s1. The van der Waals surface area contributed by atoms with Crippen molar-refractivity contribution < 1.29 is 5.11 Å². The second kappa shape index (κ2) is 3.29. The Morgan fingerprint density at radius 3 is 2.50 bits per heavy atom. The Morgan fingerprint density at radius 2 is 2.17 bits per heavy atom. The lowest BCUT2D eigenvalue weighted by Gasteiger charge is -2.07. The van der Waals surface area contributed by atoms with Crippen LogP contribution in [0.2, 0.25) is 0 Å². The Balaban J connectivity index is 3.08. The van der Waals surface area contributed by atoms with E-state index >= 15 is 0 Å². The van der Waals surface area contributed by atoms with Crippen LogP contribution in [0, 0.1) is 13.8 Å². The zero-order chi connectivity index (χ0) is 9.30. The number of hydrogen-bond donors (Lipinski definition) is 2. The first kappa shape index (κ1) is 9.29. The van der Waals surface area contributed by atoms with Gasteiger partial charge in [-0.3, -0.25) is 0 Å². The third-order valence-corrected chi connectivity index (χ3v) is 2.41. The van der Waals surface area contributed by atoms with Gasteiger partial charge in [0.1, 0.15) is 0 Å². The number of aromatic nitrogens is 1. The quantitative estimate of drug-likeness (QED) is 0.680. The number of nitrogens with two attached hydrogens (primary N) is 1. The van der Waals surface area contributed by atoms with Crippen molar-refractivity contribution in [2.75, 3.05) is 6.61 Å². The summed E-state index contributed by atoms with van der Waals surface area (Å²) in [6.07, 6.45) is 0. The Labute approximate surface area is 72.8 Å².